The van der Waals surface area contributed by atoms with Gasteiger partial charge in [0.05, 0.1) is 6.61 Å². The Morgan fingerprint density at radius 3 is 2.30 bits per heavy atom. The molecule has 1 aromatic rings. The highest BCUT2D eigenvalue weighted by atomic mass is 16.5. The summed E-state index contributed by atoms with van der Waals surface area (Å²) in [5.74, 6) is 0.520. The fourth-order valence-corrected chi connectivity index (χ4v) is 3.68. The second-order valence-corrected chi connectivity index (χ2v) is 8.60. The highest BCUT2D eigenvalue weighted by molar-refractivity contribution is 5.92. The van der Waals surface area contributed by atoms with Crippen molar-refractivity contribution < 1.29 is 19.1 Å². The Labute approximate surface area is 199 Å². The lowest BCUT2D eigenvalue weighted by Gasteiger charge is -2.34. The van der Waals surface area contributed by atoms with Gasteiger partial charge in [0.15, 0.2) is 0 Å². The molecule has 182 valence electrons. The predicted octanol–water partition coefficient (Wildman–Crippen LogP) is 4.70. The molecule has 1 fully saturated rings. The highest BCUT2D eigenvalue weighted by Gasteiger charge is 2.21. The van der Waals surface area contributed by atoms with Crippen molar-refractivity contribution in [2.45, 2.75) is 52.4 Å². The molecule has 0 atom stereocenters. The van der Waals surface area contributed by atoms with Gasteiger partial charge in [0.1, 0.15) is 12.4 Å². The Morgan fingerprint density at radius 1 is 0.970 bits per heavy atom. The Kier molecular flexibility index (Phi) is 12.3. The van der Waals surface area contributed by atoms with E-state index in [-0.39, 0.29) is 11.9 Å². The first kappa shape index (κ1) is 26.7. The third-order valence-corrected chi connectivity index (χ3v) is 5.74. The standard InChI is InChI=1S/C27H40N2O4/c1-4-5-6-7-8-9-21-32-25-13-10-24(11-14-25)12-15-26(30)33-22-20-28-16-18-29(19-17-28)27(31)23(2)3/h10-15H,2,4-9,16-22H2,1,3H3/b15-12+. The lowest BCUT2D eigenvalue weighted by atomic mass is 10.1. The number of hydrogen-bond acceptors (Lipinski definition) is 5. The fourth-order valence-electron chi connectivity index (χ4n) is 3.68. The van der Waals surface area contributed by atoms with Crippen LogP contribution in [0.2, 0.25) is 0 Å². The smallest absolute Gasteiger partial charge is 0.330 e. The Bertz CT molecular complexity index is 765. The van der Waals surface area contributed by atoms with Crippen molar-refractivity contribution in [2.24, 2.45) is 0 Å². The van der Waals surface area contributed by atoms with E-state index in [9.17, 15) is 9.59 Å². The number of hydrogen-bond donors (Lipinski definition) is 0. The minimum Gasteiger partial charge on any atom is -0.494 e. The van der Waals surface area contributed by atoms with Gasteiger partial charge in [0.25, 0.3) is 0 Å². The largest absolute Gasteiger partial charge is 0.494 e. The summed E-state index contributed by atoms with van der Waals surface area (Å²) < 4.78 is 11.1. The van der Waals surface area contributed by atoms with Crippen molar-refractivity contribution in [1.29, 1.82) is 0 Å². The summed E-state index contributed by atoms with van der Waals surface area (Å²) in [6, 6.07) is 7.73. The summed E-state index contributed by atoms with van der Waals surface area (Å²) in [5.41, 5.74) is 1.50. The average molecular weight is 457 g/mol. The molecule has 33 heavy (non-hydrogen) atoms. The molecule has 1 aromatic carbocycles. The molecule has 0 aliphatic carbocycles. The Balaban J connectivity index is 1.58. The Hall–Kier alpha value is -2.60. The zero-order valence-corrected chi connectivity index (χ0v) is 20.4. The molecule has 0 unspecified atom stereocenters. The average Bonchev–Trinajstić information content (AvgIpc) is 2.83. The third kappa shape index (κ3) is 10.7. The van der Waals surface area contributed by atoms with Gasteiger partial charge in [-0.2, -0.15) is 0 Å². The number of amides is 1. The molecule has 0 radical (unpaired) electrons. The maximum atomic E-state index is 12.0. The van der Waals surface area contributed by atoms with E-state index in [4.69, 9.17) is 9.47 Å². The third-order valence-electron chi connectivity index (χ3n) is 5.74. The molecule has 1 aliphatic heterocycles. The predicted molar refractivity (Wildman–Crippen MR) is 133 cm³/mol. The molecule has 1 amide bonds. The number of benzene rings is 1. The quantitative estimate of drug-likeness (QED) is 0.231. The molecule has 2 rings (SSSR count). The molecule has 0 bridgehead atoms. The van der Waals surface area contributed by atoms with E-state index in [1.165, 1.54) is 38.2 Å². The first-order valence-electron chi connectivity index (χ1n) is 12.2. The van der Waals surface area contributed by atoms with E-state index >= 15 is 0 Å². The first-order valence-corrected chi connectivity index (χ1v) is 12.2. The molecule has 0 spiro atoms. The topological polar surface area (TPSA) is 59.1 Å². The van der Waals surface area contributed by atoms with Gasteiger partial charge in [0, 0.05) is 44.4 Å². The van der Waals surface area contributed by atoms with Crippen molar-refractivity contribution in [2.75, 3.05) is 45.9 Å². The maximum Gasteiger partial charge on any atom is 0.330 e. The normalized spacial score (nSPS) is 14.4. The van der Waals surface area contributed by atoms with E-state index in [0.29, 0.717) is 31.8 Å². The van der Waals surface area contributed by atoms with Crippen LogP contribution in [-0.2, 0) is 14.3 Å². The van der Waals surface area contributed by atoms with Gasteiger partial charge >= 0.3 is 5.97 Å². The van der Waals surface area contributed by atoms with Crippen LogP contribution < -0.4 is 4.74 Å². The fraction of sp³-hybridized carbons (Fsp3) is 0.556. The van der Waals surface area contributed by atoms with E-state index in [2.05, 4.69) is 18.4 Å². The van der Waals surface area contributed by atoms with Gasteiger partial charge in [-0.3, -0.25) is 9.69 Å². The molecular formula is C27H40N2O4. The number of rotatable bonds is 14. The van der Waals surface area contributed by atoms with Crippen molar-refractivity contribution in [3.63, 3.8) is 0 Å². The zero-order valence-electron chi connectivity index (χ0n) is 20.4. The van der Waals surface area contributed by atoms with Gasteiger partial charge < -0.3 is 14.4 Å². The molecule has 0 N–H and O–H groups in total. The van der Waals surface area contributed by atoms with E-state index < -0.39 is 0 Å². The van der Waals surface area contributed by atoms with Crippen LogP contribution in [0.15, 0.2) is 42.5 Å². The van der Waals surface area contributed by atoms with Crippen LogP contribution in [0.5, 0.6) is 5.75 Å². The van der Waals surface area contributed by atoms with Crippen LogP contribution in [0.1, 0.15) is 57.9 Å². The number of nitrogens with zero attached hydrogens (tertiary/aromatic N) is 2. The van der Waals surface area contributed by atoms with Crippen molar-refractivity contribution in [3.05, 3.63) is 48.1 Å². The summed E-state index contributed by atoms with van der Waals surface area (Å²) in [6.45, 7) is 12.3. The van der Waals surface area contributed by atoms with E-state index in [1.54, 1.807) is 13.0 Å². The molecular weight excluding hydrogens is 416 g/mol. The van der Waals surface area contributed by atoms with Crippen molar-refractivity contribution in [1.82, 2.24) is 9.80 Å². The van der Waals surface area contributed by atoms with Crippen LogP contribution in [0.25, 0.3) is 6.08 Å². The zero-order chi connectivity index (χ0) is 23.9. The number of ether oxygens (including phenoxy) is 2. The van der Waals surface area contributed by atoms with Crippen LogP contribution in [0.4, 0.5) is 0 Å². The molecule has 1 aliphatic rings. The molecule has 1 saturated heterocycles. The highest BCUT2D eigenvalue weighted by Crippen LogP contribution is 2.14. The van der Waals surface area contributed by atoms with Gasteiger partial charge in [-0.25, -0.2) is 4.79 Å². The number of piperazine rings is 1. The molecule has 6 nitrogen and oxygen atoms in total. The van der Waals surface area contributed by atoms with Crippen LogP contribution in [0, 0.1) is 0 Å². The molecule has 0 saturated carbocycles. The van der Waals surface area contributed by atoms with Gasteiger partial charge in [-0.1, -0.05) is 57.7 Å². The van der Waals surface area contributed by atoms with Gasteiger partial charge in [0.2, 0.25) is 5.91 Å². The minimum atomic E-state index is -0.352. The number of carbonyl (C=O) groups excluding carboxylic acids is 2. The van der Waals surface area contributed by atoms with E-state index in [1.807, 2.05) is 29.2 Å². The van der Waals surface area contributed by atoms with Crippen molar-refractivity contribution in [3.8, 4) is 5.75 Å². The summed E-state index contributed by atoms with van der Waals surface area (Å²) >= 11 is 0. The van der Waals surface area contributed by atoms with Crippen LogP contribution >= 0.6 is 0 Å². The summed E-state index contributed by atoms with van der Waals surface area (Å²) in [4.78, 5) is 27.9. The van der Waals surface area contributed by atoms with Gasteiger partial charge in [-0.05, 0) is 37.1 Å². The minimum absolute atomic E-state index is 0.0172. The van der Waals surface area contributed by atoms with E-state index in [0.717, 1.165) is 37.4 Å². The van der Waals surface area contributed by atoms with Crippen LogP contribution in [-0.4, -0.2) is 67.6 Å². The second-order valence-electron chi connectivity index (χ2n) is 8.60. The SMILES string of the molecule is C=C(C)C(=O)N1CCN(CCOC(=O)/C=C/c2ccc(OCCCCCCCC)cc2)CC1. The monoisotopic (exact) mass is 456 g/mol. The van der Waals surface area contributed by atoms with Crippen LogP contribution in [0.3, 0.4) is 0 Å². The maximum absolute atomic E-state index is 12.0. The van der Waals surface area contributed by atoms with Gasteiger partial charge in [-0.15, -0.1) is 0 Å². The Morgan fingerprint density at radius 2 is 1.64 bits per heavy atom. The summed E-state index contributed by atoms with van der Waals surface area (Å²) in [6.07, 6.45) is 10.7. The summed E-state index contributed by atoms with van der Waals surface area (Å²) in [7, 11) is 0. The molecule has 6 heteroatoms. The summed E-state index contributed by atoms with van der Waals surface area (Å²) in [5, 5.41) is 0. The van der Waals surface area contributed by atoms with Crippen molar-refractivity contribution >= 4 is 18.0 Å². The lowest BCUT2D eigenvalue weighted by Crippen LogP contribution is -2.49. The second kappa shape index (κ2) is 15.3. The number of carbonyl (C=O) groups is 2. The molecule has 1 heterocycles. The number of unbranched alkanes of at least 4 members (excludes halogenated alkanes) is 5. The molecule has 0 aromatic heterocycles. The lowest BCUT2D eigenvalue weighted by molar-refractivity contribution is -0.138. The number of esters is 1. The first-order chi connectivity index (χ1) is 16.0.